The van der Waals surface area contributed by atoms with Crippen LogP contribution >= 0.6 is 11.6 Å². The molecular formula is C17H18ClN3O4. The first-order valence-electron chi connectivity index (χ1n) is 7.50. The zero-order valence-corrected chi connectivity index (χ0v) is 14.5. The average molecular weight is 364 g/mol. The van der Waals surface area contributed by atoms with Crippen LogP contribution in [0.25, 0.3) is 11.3 Å². The Balaban J connectivity index is 2.16. The van der Waals surface area contributed by atoms with Crippen molar-refractivity contribution in [3.8, 4) is 17.0 Å². The molecule has 0 aliphatic carbocycles. The van der Waals surface area contributed by atoms with Gasteiger partial charge >= 0.3 is 12.1 Å². The summed E-state index contributed by atoms with van der Waals surface area (Å²) < 4.78 is 10.0. The number of hydrogen-bond acceptors (Lipinski definition) is 5. The molecule has 8 heteroatoms. The minimum Gasteiger partial charge on any atom is -0.467 e. The number of aromatic nitrogens is 2. The van der Waals surface area contributed by atoms with Gasteiger partial charge < -0.3 is 19.8 Å². The van der Waals surface area contributed by atoms with Gasteiger partial charge in [0.2, 0.25) is 0 Å². The SMILES string of the molecule is C/C=C/C[C@@H](NC(=O)Oc1ccc(Cl)cc1-c1cnc[nH]1)C(=O)OC. The number of aromatic amines is 1. The number of amides is 1. The molecule has 2 aromatic rings. The summed E-state index contributed by atoms with van der Waals surface area (Å²) in [6.45, 7) is 1.82. The molecule has 0 aliphatic rings. The number of allylic oxidation sites excluding steroid dienone is 1. The number of methoxy groups -OCH3 is 1. The first kappa shape index (κ1) is 18.5. The van der Waals surface area contributed by atoms with Gasteiger partial charge in [0.25, 0.3) is 0 Å². The summed E-state index contributed by atoms with van der Waals surface area (Å²) in [5, 5.41) is 2.98. The maximum Gasteiger partial charge on any atom is 0.413 e. The number of imidazole rings is 1. The molecule has 0 radical (unpaired) electrons. The molecule has 0 unspecified atom stereocenters. The molecule has 1 aromatic carbocycles. The number of carbonyl (C=O) groups is 2. The van der Waals surface area contributed by atoms with Crippen molar-refractivity contribution in [2.24, 2.45) is 0 Å². The number of nitrogens with zero attached hydrogens (tertiary/aromatic N) is 1. The molecule has 0 spiro atoms. The summed E-state index contributed by atoms with van der Waals surface area (Å²) in [4.78, 5) is 30.8. The van der Waals surface area contributed by atoms with Crippen LogP contribution in [0.4, 0.5) is 4.79 Å². The van der Waals surface area contributed by atoms with Crippen LogP contribution in [-0.2, 0) is 9.53 Å². The van der Waals surface area contributed by atoms with Crippen LogP contribution in [0.2, 0.25) is 5.02 Å². The molecule has 132 valence electrons. The van der Waals surface area contributed by atoms with E-state index in [1.165, 1.54) is 13.4 Å². The van der Waals surface area contributed by atoms with Crippen LogP contribution < -0.4 is 10.1 Å². The van der Waals surface area contributed by atoms with Crippen molar-refractivity contribution in [1.29, 1.82) is 0 Å². The second kappa shape index (κ2) is 8.89. The number of benzene rings is 1. The molecule has 0 saturated carbocycles. The third-order valence-corrected chi connectivity index (χ3v) is 3.55. The van der Waals surface area contributed by atoms with Crippen LogP contribution in [0.3, 0.4) is 0 Å². The highest BCUT2D eigenvalue weighted by Crippen LogP contribution is 2.31. The predicted molar refractivity (Wildman–Crippen MR) is 93.4 cm³/mol. The van der Waals surface area contributed by atoms with Crippen molar-refractivity contribution in [1.82, 2.24) is 15.3 Å². The van der Waals surface area contributed by atoms with Crippen LogP contribution in [0, 0.1) is 0 Å². The molecular weight excluding hydrogens is 346 g/mol. The van der Waals surface area contributed by atoms with Crippen molar-refractivity contribution < 1.29 is 19.1 Å². The highest BCUT2D eigenvalue weighted by molar-refractivity contribution is 6.31. The van der Waals surface area contributed by atoms with Gasteiger partial charge in [-0.3, -0.25) is 0 Å². The predicted octanol–water partition coefficient (Wildman–Crippen LogP) is 3.33. The van der Waals surface area contributed by atoms with E-state index in [1.807, 2.05) is 6.92 Å². The molecule has 2 rings (SSSR count). The quantitative estimate of drug-likeness (QED) is 0.606. The van der Waals surface area contributed by atoms with E-state index in [0.29, 0.717) is 22.7 Å². The van der Waals surface area contributed by atoms with Gasteiger partial charge in [-0.1, -0.05) is 23.8 Å². The van der Waals surface area contributed by atoms with Crippen molar-refractivity contribution in [3.63, 3.8) is 0 Å². The third kappa shape index (κ3) is 5.09. The Kier molecular flexibility index (Phi) is 6.59. The number of H-pyrrole nitrogens is 1. The Hall–Kier alpha value is -2.80. The van der Waals surface area contributed by atoms with Gasteiger partial charge in [-0.05, 0) is 31.5 Å². The van der Waals surface area contributed by atoms with Gasteiger partial charge in [0, 0.05) is 10.6 Å². The number of nitrogens with one attached hydrogen (secondary N) is 2. The number of rotatable bonds is 6. The van der Waals surface area contributed by atoms with E-state index in [-0.39, 0.29) is 5.75 Å². The Morgan fingerprint density at radius 3 is 2.88 bits per heavy atom. The van der Waals surface area contributed by atoms with Crippen LogP contribution in [0.5, 0.6) is 5.75 Å². The van der Waals surface area contributed by atoms with Gasteiger partial charge in [-0.15, -0.1) is 0 Å². The fraction of sp³-hybridized carbons (Fsp3) is 0.235. The molecule has 0 aliphatic heterocycles. The maximum atomic E-state index is 12.2. The molecule has 1 amide bonds. The van der Waals surface area contributed by atoms with E-state index >= 15 is 0 Å². The fourth-order valence-electron chi connectivity index (χ4n) is 2.10. The van der Waals surface area contributed by atoms with Gasteiger partial charge in [0.05, 0.1) is 25.3 Å². The number of halogens is 1. The summed E-state index contributed by atoms with van der Waals surface area (Å²) in [6.07, 6.45) is 6.14. The second-order valence-electron chi connectivity index (χ2n) is 5.02. The lowest BCUT2D eigenvalue weighted by molar-refractivity contribution is -0.142. The highest BCUT2D eigenvalue weighted by atomic mass is 35.5. The minimum atomic E-state index is -0.836. The van der Waals surface area contributed by atoms with Gasteiger partial charge in [-0.25, -0.2) is 14.6 Å². The topological polar surface area (TPSA) is 93.3 Å². The van der Waals surface area contributed by atoms with E-state index < -0.39 is 18.1 Å². The molecule has 0 fully saturated rings. The number of hydrogen-bond donors (Lipinski definition) is 2. The van der Waals surface area contributed by atoms with Gasteiger partial charge in [-0.2, -0.15) is 0 Å². The minimum absolute atomic E-state index is 0.279. The lowest BCUT2D eigenvalue weighted by Gasteiger charge is -2.15. The standard InChI is InChI=1S/C17H18ClN3O4/c1-3-4-5-13(16(22)24-2)21-17(23)25-15-7-6-11(18)8-12(15)14-9-19-10-20-14/h3-4,6-10,13H,5H2,1-2H3,(H,19,20)(H,21,23)/b4-3+/t13-/m1/s1. The summed E-state index contributed by atoms with van der Waals surface area (Å²) in [5.74, 6) is -0.277. The monoisotopic (exact) mass is 363 g/mol. The Morgan fingerprint density at radius 1 is 1.44 bits per heavy atom. The number of ether oxygens (including phenoxy) is 2. The summed E-state index contributed by atoms with van der Waals surface area (Å²) in [5.41, 5.74) is 1.21. The Bertz CT molecular complexity index is 759. The first-order chi connectivity index (χ1) is 12.0. The highest BCUT2D eigenvalue weighted by Gasteiger charge is 2.22. The van der Waals surface area contributed by atoms with Crippen molar-refractivity contribution in [2.45, 2.75) is 19.4 Å². The summed E-state index contributed by atoms with van der Waals surface area (Å²) in [6, 6.07) is 3.98. The molecule has 0 bridgehead atoms. The zero-order valence-electron chi connectivity index (χ0n) is 13.8. The molecule has 0 saturated heterocycles. The summed E-state index contributed by atoms with van der Waals surface area (Å²) in [7, 11) is 1.26. The normalized spacial score (nSPS) is 12.0. The largest absolute Gasteiger partial charge is 0.467 e. The number of carbonyl (C=O) groups excluding carboxylic acids is 2. The summed E-state index contributed by atoms with van der Waals surface area (Å²) >= 11 is 6.01. The van der Waals surface area contributed by atoms with Gasteiger partial charge in [0.1, 0.15) is 11.8 Å². The van der Waals surface area contributed by atoms with Crippen molar-refractivity contribution in [2.75, 3.05) is 7.11 Å². The van der Waals surface area contributed by atoms with E-state index in [4.69, 9.17) is 16.3 Å². The fourth-order valence-corrected chi connectivity index (χ4v) is 2.28. The molecule has 1 heterocycles. The Labute approximate surface area is 150 Å². The lowest BCUT2D eigenvalue weighted by Crippen LogP contribution is -2.42. The Morgan fingerprint density at radius 2 is 2.24 bits per heavy atom. The lowest BCUT2D eigenvalue weighted by atomic mass is 10.1. The van der Waals surface area contributed by atoms with E-state index in [9.17, 15) is 9.59 Å². The first-order valence-corrected chi connectivity index (χ1v) is 7.88. The van der Waals surface area contributed by atoms with Crippen LogP contribution in [0.1, 0.15) is 13.3 Å². The van der Waals surface area contributed by atoms with Crippen LogP contribution in [0.15, 0.2) is 42.9 Å². The molecule has 2 N–H and O–H groups in total. The average Bonchev–Trinajstić information content (AvgIpc) is 3.13. The van der Waals surface area contributed by atoms with E-state index in [0.717, 1.165) is 0 Å². The van der Waals surface area contributed by atoms with E-state index in [2.05, 4.69) is 20.0 Å². The van der Waals surface area contributed by atoms with Crippen molar-refractivity contribution >= 4 is 23.7 Å². The molecule has 1 aromatic heterocycles. The third-order valence-electron chi connectivity index (χ3n) is 3.32. The molecule has 1 atom stereocenters. The zero-order chi connectivity index (χ0) is 18.2. The number of esters is 1. The van der Waals surface area contributed by atoms with Crippen LogP contribution in [-0.4, -0.2) is 35.2 Å². The molecule has 25 heavy (non-hydrogen) atoms. The van der Waals surface area contributed by atoms with Crippen molar-refractivity contribution in [3.05, 3.63) is 47.9 Å². The molecule has 7 nitrogen and oxygen atoms in total. The second-order valence-corrected chi connectivity index (χ2v) is 5.46. The van der Waals surface area contributed by atoms with E-state index in [1.54, 1.807) is 36.5 Å². The maximum absolute atomic E-state index is 12.2. The smallest absolute Gasteiger partial charge is 0.413 e. The van der Waals surface area contributed by atoms with Gasteiger partial charge in [0.15, 0.2) is 0 Å².